The molecule has 0 atom stereocenters. The van der Waals surface area contributed by atoms with Crippen LogP contribution in [0.25, 0.3) is 11.5 Å². The van der Waals surface area contributed by atoms with Gasteiger partial charge in [-0.05, 0) is 24.4 Å². The van der Waals surface area contributed by atoms with Crippen LogP contribution in [0.5, 0.6) is 0 Å². The Morgan fingerprint density at radius 1 is 1.56 bits per heavy atom. The molecule has 0 aliphatic heterocycles. The zero-order valence-electron chi connectivity index (χ0n) is 8.33. The van der Waals surface area contributed by atoms with E-state index in [0.717, 1.165) is 5.56 Å². The summed E-state index contributed by atoms with van der Waals surface area (Å²) < 4.78 is 6.82. The molecule has 0 amide bonds. The number of hydrogen-bond donors (Lipinski definition) is 0. The topological polar surface area (TPSA) is 67.6 Å². The lowest BCUT2D eigenvalue weighted by atomic mass is 10.3. The van der Waals surface area contributed by atoms with E-state index in [0.29, 0.717) is 18.9 Å². The van der Waals surface area contributed by atoms with Crippen molar-refractivity contribution in [2.75, 3.05) is 0 Å². The molecule has 0 N–H and O–H groups in total. The average molecular weight is 232 g/mol. The Morgan fingerprint density at radius 2 is 2.44 bits per heavy atom. The third kappa shape index (κ3) is 2.15. The molecule has 2 aromatic rings. The first-order valence-corrected chi connectivity index (χ1v) is 5.07. The summed E-state index contributed by atoms with van der Waals surface area (Å²) in [6, 6.07) is 5.66. The van der Waals surface area contributed by atoms with Gasteiger partial charge in [-0.2, -0.15) is 5.26 Å². The normalized spacial score (nSPS) is 9.94. The quantitative estimate of drug-likeness (QED) is 0.759. The van der Waals surface area contributed by atoms with Crippen LogP contribution in [0.3, 0.4) is 0 Å². The summed E-state index contributed by atoms with van der Waals surface area (Å²) in [4.78, 5) is 4.24. The Morgan fingerprint density at radius 3 is 3.12 bits per heavy atom. The summed E-state index contributed by atoms with van der Waals surface area (Å²) in [5.74, 6) is 0.427. The molecule has 0 saturated carbocycles. The molecule has 16 heavy (non-hydrogen) atoms. The molecule has 0 aromatic carbocycles. The molecule has 0 aliphatic carbocycles. The average Bonchev–Trinajstić information content (AvgIpc) is 2.69. The van der Waals surface area contributed by atoms with Crippen LogP contribution in [0.15, 0.2) is 28.9 Å². The maximum atomic E-state index is 8.48. The van der Waals surface area contributed by atoms with Crippen molar-refractivity contribution in [2.24, 2.45) is 0 Å². The van der Waals surface area contributed by atoms with Crippen LogP contribution in [-0.4, -0.2) is 14.8 Å². The van der Waals surface area contributed by atoms with Gasteiger partial charge < -0.3 is 4.42 Å². The molecule has 5 nitrogen and oxygen atoms in total. The Labute approximate surface area is 97.0 Å². The highest BCUT2D eigenvalue weighted by atomic mass is 32.1. The highest BCUT2D eigenvalue weighted by molar-refractivity contribution is 7.71. The predicted molar refractivity (Wildman–Crippen MR) is 58.8 cm³/mol. The van der Waals surface area contributed by atoms with Crippen molar-refractivity contribution in [2.45, 2.75) is 13.0 Å². The Bertz CT molecular complexity index is 566. The number of nitriles is 1. The van der Waals surface area contributed by atoms with Crippen molar-refractivity contribution in [3.05, 3.63) is 29.4 Å². The minimum absolute atomic E-state index is 0.272. The highest BCUT2D eigenvalue weighted by Gasteiger charge is 2.07. The first-order valence-electron chi connectivity index (χ1n) is 4.66. The third-order valence-electron chi connectivity index (χ3n) is 1.95. The van der Waals surface area contributed by atoms with Gasteiger partial charge in [0.1, 0.15) is 0 Å². The lowest BCUT2D eigenvalue weighted by molar-refractivity contribution is 0.514. The zero-order chi connectivity index (χ0) is 11.4. The van der Waals surface area contributed by atoms with Gasteiger partial charge in [0.25, 0.3) is 4.84 Å². The summed E-state index contributed by atoms with van der Waals surface area (Å²) in [5, 5.41) is 12.6. The molecule has 0 saturated heterocycles. The molecule has 2 rings (SSSR count). The van der Waals surface area contributed by atoms with E-state index < -0.39 is 0 Å². The molecule has 80 valence electrons. The van der Waals surface area contributed by atoms with Crippen molar-refractivity contribution in [1.29, 1.82) is 5.26 Å². The minimum atomic E-state index is 0.272. The van der Waals surface area contributed by atoms with Crippen LogP contribution in [0, 0.1) is 16.2 Å². The van der Waals surface area contributed by atoms with Gasteiger partial charge in [-0.1, -0.05) is 0 Å². The summed E-state index contributed by atoms with van der Waals surface area (Å²) in [6.07, 6.45) is 3.67. The van der Waals surface area contributed by atoms with Crippen LogP contribution in [0.2, 0.25) is 0 Å². The van der Waals surface area contributed by atoms with Gasteiger partial charge in [-0.15, -0.1) is 5.10 Å². The van der Waals surface area contributed by atoms with Gasteiger partial charge in [0, 0.05) is 12.4 Å². The lowest BCUT2D eigenvalue weighted by Gasteiger charge is -1.92. The van der Waals surface area contributed by atoms with Crippen molar-refractivity contribution in [1.82, 2.24) is 14.8 Å². The van der Waals surface area contributed by atoms with E-state index in [2.05, 4.69) is 10.1 Å². The van der Waals surface area contributed by atoms with E-state index in [1.165, 1.54) is 4.68 Å². The van der Waals surface area contributed by atoms with Crippen molar-refractivity contribution in [3.8, 4) is 17.5 Å². The molecule has 0 radical (unpaired) electrons. The zero-order valence-corrected chi connectivity index (χ0v) is 9.15. The van der Waals surface area contributed by atoms with E-state index in [1.807, 2.05) is 12.1 Å². The predicted octanol–water partition coefficient (Wildman–Crippen LogP) is 2.18. The monoisotopic (exact) mass is 232 g/mol. The van der Waals surface area contributed by atoms with Crippen LogP contribution in [-0.2, 0) is 6.54 Å². The van der Waals surface area contributed by atoms with Gasteiger partial charge in [0.05, 0.1) is 24.6 Å². The van der Waals surface area contributed by atoms with E-state index in [4.69, 9.17) is 21.9 Å². The van der Waals surface area contributed by atoms with Gasteiger partial charge >= 0.3 is 0 Å². The van der Waals surface area contributed by atoms with Crippen LogP contribution < -0.4 is 0 Å². The summed E-state index contributed by atoms with van der Waals surface area (Å²) >= 11 is 4.99. The Hall–Kier alpha value is -2.00. The molecule has 2 heterocycles. The second-order valence-corrected chi connectivity index (χ2v) is 3.40. The Kier molecular flexibility index (Phi) is 3.08. The number of aryl methyl sites for hydroxylation is 1. The molecule has 0 unspecified atom stereocenters. The van der Waals surface area contributed by atoms with Gasteiger partial charge in [-0.25, -0.2) is 4.68 Å². The van der Waals surface area contributed by atoms with Gasteiger partial charge in [0.2, 0.25) is 5.89 Å². The largest absolute Gasteiger partial charge is 0.409 e. The SMILES string of the molecule is N#CCCn1nc(-c2cccnc2)oc1=S. The van der Waals surface area contributed by atoms with E-state index in [9.17, 15) is 0 Å². The fourth-order valence-electron chi connectivity index (χ4n) is 1.21. The maximum absolute atomic E-state index is 8.48. The molecule has 6 heteroatoms. The van der Waals surface area contributed by atoms with Gasteiger partial charge in [-0.3, -0.25) is 4.98 Å². The number of aromatic nitrogens is 3. The van der Waals surface area contributed by atoms with E-state index in [-0.39, 0.29) is 4.84 Å². The first kappa shape index (κ1) is 10.5. The summed E-state index contributed by atoms with van der Waals surface area (Å²) in [5.41, 5.74) is 0.768. The first-order chi connectivity index (χ1) is 7.81. The second kappa shape index (κ2) is 4.68. The second-order valence-electron chi connectivity index (χ2n) is 3.05. The molecule has 0 spiro atoms. The fourth-order valence-corrected chi connectivity index (χ4v) is 1.42. The highest BCUT2D eigenvalue weighted by Crippen LogP contribution is 2.15. The van der Waals surface area contributed by atoms with Crippen molar-refractivity contribution in [3.63, 3.8) is 0 Å². The Balaban J connectivity index is 2.32. The third-order valence-corrected chi connectivity index (χ3v) is 2.24. The molecular weight excluding hydrogens is 224 g/mol. The van der Waals surface area contributed by atoms with E-state index >= 15 is 0 Å². The summed E-state index contributed by atoms with van der Waals surface area (Å²) in [6.45, 7) is 0.444. The minimum Gasteiger partial charge on any atom is -0.409 e. The molecular formula is C10H8N4OS. The van der Waals surface area contributed by atoms with Crippen LogP contribution >= 0.6 is 12.2 Å². The number of rotatable bonds is 3. The summed E-state index contributed by atoms with van der Waals surface area (Å²) in [7, 11) is 0. The van der Waals surface area contributed by atoms with Crippen molar-refractivity contribution >= 4 is 12.2 Å². The van der Waals surface area contributed by atoms with Crippen molar-refractivity contribution < 1.29 is 4.42 Å². The number of hydrogen-bond acceptors (Lipinski definition) is 5. The van der Waals surface area contributed by atoms with Crippen LogP contribution in [0.1, 0.15) is 6.42 Å². The number of pyridine rings is 1. The van der Waals surface area contributed by atoms with E-state index in [1.54, 1.807) is 18.5 Å². The molecule has 2 aromatic heterocycles. The molecule has 0 fully saturated rings. The fraction of sp³-hybridized carbons (Fsp3) is 0.200. The van der Waals surface area contributed by atoms with Gasteiger partial charge in [0.15, 0.2) is 0 Å². The smallest absolute Gasteiger partial charge is 0.287 e. The number of nitrogens with zero attached hydrogens (tertiary/aromatic N) is 4. The lowest BCUT2D eigenvalue weighted by Crippen LogP contribution is -1.99. The standard InChI is InChI=1S/C10H8N4OS/c11-4-2-6-14-10(16)15-9(13-14)8-3-1-5-12-7-8/h1,3,5,7H,2,6H2. The molecule has 0 bridgehead atoms. The molecule has 0 aliphatic rings. The maximum Gasteiger partial charge on any atom is 0.287 e. The van der Waals surface area contributed by atoms with Crippen LogP contribution in [0.4, 0.5) is 0 Å².